The highest BCUT2D eigenvalue weighted by Crippen LogP contribution is 2.07. The Morgan fingerprint density at radius 2 is 1.57 bits per heavy atom. The molecule has 0 aliphatic carbocycles. The SMILES string of the molecule is CCNC(=NCc1ccc(C(=O)N(C)C)cc1)NCCCCCCCN(C)C. The van der Waals surface area contributed by atoms with E-state index in [2.05, 4.69) is 41.5 Å². The van der Waals surface area contributed by atoms with E-state index in [0.29, 0.717) is 12.1 Å². The van der Waals surface area contributed by atoms with Crippen molar-refractivity contribution in [2.75, 3.05) is 47.8 Å². The normalized spacial score (nSPS) is 11.6. The van der Waals surface area contributed by atoms with Gasteiger partial charge in [-0.2, -0.15) is 0 Å². The molecule has 0 radical (unpaired) electrons. The number of unbranched alkanes of at least 4 members (excludes halogenated alkanes) is 4. The van der Waals surface area contributed by atoms with Gasteiger partial charge in [0.25, 0.3) is 5.91 Å². The monoisotopic (exact) mass is 389 g/mol. The Morgan fingerprint density at radius 3 is 2.18 bits per heavy atom. The molecule has 6 nitrogen and oxygen atoms in total. The van der Waals surface area contributed by atoms with Gasteiger partial charge < -0.3 is 20.4 Å². The Morgan fingerprint density at radius 1 is 0.929 bits per heavy atom. The van der Waals surface area contributed by atoms with E-state index in [9.17, 15) is 4.79 Å². The number of carbonyl (C=O) groups excluding carboxylic acids is 1. The van der Waals surface area contributed by atoms with Crippen molar-refractivity contribution in [1.29, 1.82) is 0 Å². The maximum atomic E-state index is 11.9. The van der Waals surface area contributed by atoms with Gasteiger partial charge in [0, 0.05) is 32.7 Å². The average molecular weight is 390 g/mol. The molecule has 0 bridgehead atoms. The third kappa shape index (κ3) is 10.3. The van der Waals surface area contributed by atoms with Crippen LogP contribution in [0.5, 0.6) is 0 Å². The van der Waals surface area contributed by atoms with Crippen molar-refractivity contribution in [3.05, 3.63) is 35.4 Å². The topological polar surface area (TPSA) is 60.0 Å². The fourth-order valence-corrected chi connectivity index (χ4v) is 2.81. The zero-order valence-electron chi connectivity index (χ0n) is 18.4. The van der Waals surface area contributed by atoms with Crippen LogP contribution >= 0.6 is 0 Å². The van der Waals surface area contributed by atoms with Crippen molar-refractivity contribution in [3.8, 4) is 0 Å². The summed E-state index contributed by atoms with van der Waals surface area (Å²) in [6.07, 6.45) is 6.29. The molecule has 6 heteroatoms. The summed E-state index contributed by atoms with van der Waals surface area (Å²) < 4.78 is 0. The second-order valence-electron chi connectivity index (χ2n) is 7.59. The first-order chi connectivity index (χ1) is 13.4. The Kier molecular flexibility index (Phi) is 12.0. The molecule has 0 spiro atoms. The minimum Gasteiger partial charge on any atom is -0.357 e. The van der Waals surface area contributed by atoms with Gasteiger partial charge in [-0.25, -0.2) is 4.99 Å². The summed E-state index contributed by atoms with van der Waals surface area (Å²) in [7, 11) is 7.78. The number of rotatable bonds is 12. The van der Waals surface area contributed by atoms with Gasteiger partial charge in [-0.3, -0.25) is 4.79 Å². The third-order valence-corrected chi connectivity index (χ3v) is 4.45. The van der Waals surface area contributed by atoms with Crippen LogP contribution in [0.4, 0.5) is 0 Å². The molecule has 1 rings (SSSR count). The Balaban J connectivity index is 2.36. The van der Waals surface area contributed by atoms with Crippen molar-refractivity contribution in [2.24, 2.45) is 4.99 Å². The van der Waals surface area contributed by atoms with Crippen LogP contribution in [0.15, 0.2) is 29.3 Å². The number of hydrogen-bond donors (Lipinski definition) is 2. The molecule has 0 heterocycles. The third-order valence-electron chi connectivity index (χ3n) is 4.45. The molecule has 158 valence electrons. The molecule has 1 aromatic carbocycles. The largest absolute Gasteiger partial charge is 0.357 e. The van der Waals surface area contributed by atoms with Crippen LogP contribution in [0.1, 0.15) is 54.9 Å². The number of hydrogen-bond acceptors (Lipinski definition) is 3. The van der Waals surface area contributed by atoms with E-state index in [1.54, 1.807) is 19.0 Å². The van der Waals surface area contributed by atoms with E-state index in [4.69, 9.17) is 0 Å². The van der Waals surface area contributed by atoms with Gasteiger partial charge in [0.05, 0.1) is 6.54 Å². The lowest BCUT2D eigenvalue weighted by atomic mass is 10.1. The summed E-state index contributed by atoms with van der Waals surface area (Å²) in [5, 5.41) is 6.71. The maximum absolute atomic E-state index is 11.9. The second-order valence-corrected chi connectivity index (χ2v) is 7.59. The molecular weight excluding hydrogens is 350 g/mol. The first-order valence-electron chi connectivity index (χ1n) is 10.4. The lowest BCUT2D eigenvalue weighted by Crippen LogP contribution is -2.37. The Labute approximate surface area is 171 Å². The molecule has 0 saturated heterocycles. The molecule has 1 amide bonds. The van der Waals surface area contributed by atoms with Gasteiger partial charge in [0.1, 0.15) is 0 Å². The van der Waals surface area contributed by atoms with Crippen molar-refractivity contribution in [3.63, 3.8) is 0 Å². The van der Waals surface area contributed by atoms with Crippen LogP contribution in [0.3, 0.4) is 0 Å². The number of nitrogens with one attached hydrogen (secondary N) is 2. The van der Waals surface area contributed by atoms with Gasteiger partial charge in [-0.1, -0.05) is 31.4 Å². The number of benzene rings is 1. The maximum Gasteiger partial charge on any atom is 0.253 e. The minimum absolute atomic E-state index is 0.0202. The highest BCUT2D eigenvalue weighted by atomic mass is 16.2. The fraction of sp³-hybridized carbons (Fsp3) is 0.636. The van der Waals surface area contributed by atoms with Crippen LogP contribution in [-0.2, 0) is 6.54 Å². The molecule has 0 aromatic heterocycles. The molecule has 0 saturated carbocycles. The molecule has 1 aromatic rings. The summed E-state index contributed by atoms with van der Waals surface area (Å²) >= 11 is 0. The van der Waals surface area contributed by atoms with Gasteiger partial charge in [-0.05, 0) is 58.1 Å². The van der Waals surface area contributed by atoms with E-state index < -0.39 is 0 Å². The Bertz CT molecular complexity index is 581. The fourth-order valence-electron chi connectivity index (χ4n) is 2.81. The molecular formula is C22H39N5O. The molecule has 0 unspecified atom stereocenters. The van der Waals surface area contributed by atoms with E-state index in [0.717, 1.165) is 31.0 Å². The number of carbonyl (C=O) groups is 1. The van der Waals surface area contributed by atoms with Crippen molar-refractivity contribution in [1.82, 2.24) is 20.4 Å². The lowest BCUT2D eigenvalue weighted by molar-refractivity contribution is 0.0827. The number of nitrogens with zero attached hydrogens (tertiary/aromatic N) is 3. The summed E-state index contributed by atoms with van der Waals surface area (Å²) in [6.45, 7) is 5.63. The minimum atomic E-state index is 0.0202. The second kappa shape index (κ2) is 14.0. The molecule has 2 N–H and O–H groups in total. The summed E-state index contributed by atoms with van der Waals surface area (Å²) in [4.78, 5) is 20.4. The molecule has 0 aliphatic heterocycles. The Hall–Kier alpha value is -2.08. The first kappa shape index (κ1) is 24.0. The lowest BCUT2D eigenvalue weighted by Gasteiger charge is -2.12. The quantitative estimate of drug-likeness (QED) is 0.328. The molecule has 0 aliphatic rings. The van der Waals surface area contributed by atoms with E-state index in [1.807, 2.05) is 24.3 Å². The van der Waals surface area contributed by atoms with E-state index in [1.165, 1.54) is 32.2 Å². The molecule has 28 heavy (non-hydrogen) atoms. The van der Waals surface area contributed by atoms with E-state index >= 15 is 0 Å². The number of aliphatic imine (C=N–C) groups is 1. The van der Waals surface area contributed by atoms with Crippen molar-refractivity contribution in [2.45, 2.75) is 45.6 Å². The highest BCUT2D eigenvalue weighted by Gasteiger charge is 2.07. The average Bonchev–Trinajstić information content (AvgIpc) is 2.67. The first-order valence-corrected chi connectivity index (χ1v) is 10.4. The zero-order chi connectivity index (χ0) is 20.8. The van der Waals surface area contributed by atoms with Gasteiger partial charge in [0.15, 0.2) is 5.96 Å². The van der Waals surface area contributed by atoms with Crippen LogP contribution in [0, 0.1) is 0 Å². The zero-order valence-corrected chi connectivity index (χ0v) is 18.4. The predicted molar refractivity (Wildman–Crippen MR) is 119 cm³/mol. The van der Waals surface area contributed by atoms with Gasteiger partial charge in [-0.15, -0.1) is 0 Å². The summed E-state index contributed by atoms with van der Waals surface area (Å²) in [5.74, 6) is 0.871. The predicted octanol–water partition coefficient (Wildman–Crippen LogP) is 2.96. The van der Waals surface area contributed by atoms with E-state index in [-0.39, 0.29) is 5.91 Å². The van der Waals surface area contributed by atoms with Crippen LogP contribution in [-0.4, -0.2) is 69.5 Å². The van der Waals surface area contributed by atoms with Crippen molar-refractivity contribution < 1.29 is 4.79 Å². The van der Waals surface area contributed by atoms with Gasteiger partial charge in [0.2, 0.25) is 0 Å². The van der Waals surface area contributed by atoms with Crippen LogP contribution < -0.4 is 10.6 Å². The number of guanidine groups is 1. The molecule has 0 atom stereocenters. The summed E-state index contributed by atoms with van der Waals surface area (Å²) in [6, 6.07) is 7.67. The molecule has 0 fully saturated rings. The summed E-state index contributed by atoms with van der Waals surface area (Å²) in [5.41, 5.74) is 1.79. The smallest absolute Gasteiger partial charge is 0.253 e. The standard InChI is InChI=1S/C22H39N5O/c1-6-23-22(24-16-10-8-7-9-11-17-26(2)3)25-18-19-12-14-20(15-13-19)21(28)27(4)5/h12-15H,6-11,16-18H2,1-5H3,(H2,23,24,25). The van der Waals surface area contributed by atoms with Crippen molar-refractivity contribution >= 4 is 11.9 Å². The number of amides is 1. The van der Waals surface area contributed by atoms with Crippen LogP contribution in [0.2, 0.25) is 0 Å². The van der Waals surface area contributed by atoms with Gasteiger partial charge >= 0.3 is 0 Å². The highest BCUT2D eigenvalue weighted by molar-refractivity contribution is 5.93. The van der Waals surface area contributed by atoms with Crippen LogP contribution in [0.25, 0.3) is 0 Å².